The van der Waals surface area contributed by atoms with Crippen molar-refractivity contribution in [2.75, 3.05) is 13.7 Å². The Morgan fingerprint density at radius 2 is 1.84 bits per heavy atom. The zero-order valence-corrected chi connectivity index (χ0v) is 10.7. The molecule has 0 amide bonds. The van der Waals surface area contributed by atoms with E-state index < -0.39 is 6.10 Å². The Labute approximate surface area is 112 Å². The number of hydrogen-bond donors (Lipinski definition) is 2. The number of ether oxygens (including phenoxy) is 1. The van der Waals surface area contributed by atoms with E-state index in [1.165, 1.54) is 0 Å². The summed E-state index contributed by atoms with van der Waals surface area (Å²) >= 11 is 0. The van der Waals surface area contributed by atoms with Crippen LogP contribution in [0.2, 0.25) is 0 Å². The van der Waals surface area contributed by atoms with Crippen LogP contribution in [0.3, 0.4) is 0 Å². The molecule has 0 fully saturated rings. The van der Waals surface area contributed by atoms with Crippen molar-refractivity contribution in [3.8, 4) is 5.75 Å². The van der Waals surface area contributed by atoms with Gasteiger partial charge in [0.25, 0.3) is 0 Å². The summed E-state index contributed by atoms with van der Waals surface area (Å²) in [5.41, 5.74) is 6.70. The Hall–Kier alpha value is -1.98. The minimum Gasteiger partial charge on any atom is -0.497 e. The molecule has 2 unspecified atom stereocenters. The fourth-order valence-corrected chi connectivity index (χ4v) is 1.94. The summed E-state index contributed by atoms with van der Waals surface area (Å²) in [5.74, 6) is 0.909. The van der Waals surface area contributed by atoms with Crippen LogP contribution in [0, 0.1) is 0 Å². The average molecular weight is 259 g/mol. The van der Waals surface area contributed by atoms with Gasteiger partial charge in [0.15, 0.2) is 5.82 Å². The quantitative estimate of drug-likeness (QED) is 0.845. The normalized spacial score (nSPS) is 13.8. The van der Waals surface area contributed by atoms with Crippen LogP contribution in [0.1, 0.15) is 23.4 Å². The fraction of sp³-hybridized carbons (Fsp3) is 0.286. The van der Waals surface area contributed by atoms with Gasteiger partial charge in [-0.05, 0) is 23.8 Å². The van der Waals surface area contributed by atoms with Crippen molar-refractivity contribution < 1.29 is 9.84 Å². The average Bonchev–Trinajstić information content (AvgIpc) is 2.49. The molecule has 5 nitrogen and oxygen atoms in total. The lowest BCUT2D eigenvalue weighted by Gasteiger charge is -2.20. The minimum atomic E-state index is -0.820. The van der Waals surface area contributed by atoms with E-state index in [1.807, 2.05) is 24.3 Å². The molecule has 5 heteroatoms. The number of nitrogens with two attached hydrogens (primary N) is 1. The van der Waals surface area contributed by atoms with Gasteiger partial charge in [-0.1, -0.05) is 12.1 Å². The van der Waals surface area contributed by atoms with Crippen LogP contribution in [0.5, 0.6) is 5.75 Å². The zero-order valence-electron chi connectivity index (χ0n) is 10.7. The maximum absolute atomic E-state index is 10.3. The van der Waals surface area contributed by atoms with Gasteiger partial charge in [-0.3, -0.25) is 0 Å². The van der Waals surface area contributed by atoms with Gasteiger partial charge in [0, 0.05) is 24.9 Å². The lowest BCUT2D eigenvalue weighted by atomic mass is 9.93. The second-order valence-electron chi connectivity index (χ2n) is 4.17. The van der Waals surface area contributed by atoms with E-state index in [1.54, 1.807) is 25.6 Å². The van der Waals surface area contributed by atoms with Crippen molar-refractivity contribution in [2.24, 2.45) is 5.73 Å². The van der Waals surface area contributed by atoms with E-state index in [0.717, 1.165) is 11.3 Å². The Morgan fingerprint density at radius 3 is 2.37 bits per heavy atom. The Balaban J connectivity index is 2.23. The van der Waals surface area contributed by atoms with Crippen LogP contribution in [-0.4, -0.2) is 28.7 Å². The van der Waals surface area contributed by atoms with Gasteiger partial charge >= 0.3 is 0 Å². The summed E-state index contributed by atoms with van der Waals surface area (Å²) in [7, 11) is 1.61. The Morgan fingerprint density at radius 1 is 1.21 bits per heavy atom. The number of nitrogens with zero attached hydrogens (tertiary/aromatic N) is 2. The molecule has 1 aromatic carbocycles. The Kier molecular flexibility index (Phi) is 4.43. The smallest absolute Gasteiger partial charge is 0.157 e. The van der Waals surface area contributed by atoms with Crippen molar-refractivity contribution >= 4 is 0 Å². The minimum absolute atomic E-state index is 0.242. The maximum atomic E-state index is 10.3. The lowest BCUT2D eigenvalue weighted by Crippen LogP contribution is -2.21. The molecule has 0 saturated carbocycles. The highest BCUT2D eigenvalue weighted by Crippen LogP contribution is 2.29. The lowest BCUT2D eigenvalue weighted by molar-refractivity contribution is 0.138. The van der Waals surface area contributed by atoms with Crippen molar-refractivity contribution in [1.82, 2.24) is 9.97 Å². The molecule has 0 spiro atoms. The molecule has 100 valence electrons. The van der Waals surface area contributed by atoms with E-state index >= 15 is 0 Å². The molecule has 2 atom stereocenters. The molecule has 2 rings (SSSR count). The number of aliphatic hydroxyl groups excluding tert-OH is 1. The van der Waals surface area contributed by atoms with E-state index in [9.17, 15) is 5.11 Å². The molecule has 0 aliphatic carbocycles. The van der Waals surface area contributed by atoms with Crippen molar-refractivity contribution in [3.05, 3.63) is 54.1 Å². The van der Waals surface area contributed by atoms with Crippen molar-refractivity contribution in [2.45, 2.75) is 12.0 Å². The van der Waals surface area contributed by atoms with Crippen LogP contribution in [0.15, 0.2) is 42.7 Å². The zero-order chi connectivity index (χ0) is 13.7. The molecular formula is C14H17N3O2. The van der Waals surface area contributed by atoms with Gasteiger partial charge in [-0.2, -0.15) is 0 Å². The molecule has 0 aliphatic heterocycles. The summed E-state index contributed by atoms with van der Waals surface area (Å²) < 4.78 is 5.11. The van der Waals surface area contributed by atoms with Crippen LogP contribution in [-0.2, 0) is 0 Å². The molecule has 0 aliphatic rings. The van der Waals surface area contributed by atoms with E-state index in [-0.39, 0.29) is 5.92 Å². The summed E-state index contributed by atoms with van der Waals surface area (Å²) in [4.78, 5) is 8.13. The second kappa shape index (κ2) is 6.26. The first-order chi connectivity index (χ1) is 9.26. The SMILES string of the molecule is COc1ccc(C(CN)C(O)c2ncccn2)cc1. The van der Waals surface area contributed by atoms with Gasteiger partial charge in [0.1, 0.15) is 11.9 Å². The van der Waals surface area contributed by atoms with Gasteiger partial charge in [-0.15, -0.1) is 0 Å². The number of methoxy groups -OCH3 is 1. The molecule has 3 N–H and O–H groups in total. The highest BCUT2D eigenvalue weighted by molar-refractivity contribution is 5.30. The number of aromatic nitrogens is 2. The maximum Gasteiger partial charge on any atom is 0.157 e. The van der Waals surface area contributed by atoms with Crippen molar-refractivity contribution in [3.63, 3.8) is 0 Å². The number of benzene rings is 1. The molecule has 0 radical (unpaired) electrons. The van der Waals surface area contributed by atoms with Crippen LogP contribution >= 0.6 is 0 Å². The predicted molar refractivity (Wildman–Crippen MR) is 71.8 cm³/mol. The van der Waals surface area contributed by atoms with E-state index in [0.29, 0.717) is 12.4 Å². The first-order valence-electron chi connectivity index (χ1n) is 6.05. The summed E-state index contributed by atoms with van der Waals surface area (Å²) in [5, 5.41) is 10.3. The molecule has 19 heavy (non-hydrogen) atoms. The van der Waals surface area contributed by atoms with Crippen LogP contribution < -0.4 is 10.5 Å². The standard InChI is InChI=1S/C14H17N3O2/c1-19-11-5-3-10(4-6-11)12(9-15)13(18)14-16-7-2-8-17-14/h2-8,12-13,18H,9,15H2,1H3. The molecular weight excluding hydrogens is 242 g/mol. The summed E-state index contributed by atoms with van der Waals surface area (Å²) in [6, 6.07) is 9.18. The number of rotatable bonds is 5. The van der Waals surface area contributed by atoms with E-state index in [4.69, 9.17) is 10.5 Å². The largest absolute Gasteiger partial charge is 0.497 e. The molecule has 0 bridgehead atoms. The predicted octanol–water partition coefficient (Wildman–Crippen LogP) is 1.26. The third kappa shape index (κ3) is 3.07. The number of aliphatic hydroxyl groups is 1. The number of hydrogen-bond acceptors (Lipinski definition) is 5. The first-order valence-corrected chi connectivity index (χ1v) is 6.05. The summed E-state index contributed by atoms with van der Waals surface area (Å²) in [6.45, 7) is 0.311. The summed E-state index contributed by atoms with van der Waals surface area (Å²) in [6.07, 6.45) is 2.39. The Bertz CT molecular complexity index is 502. The highest BCUT2D eigenvalue weighted by Gasteiger charge is 2.23. The van der Waals surface area contributed by atoms with Crippen molar-refractivity contribution in [1.29, 1.82) is 0 Å². The van der Waals surface area contributed by atoms with Gasteiger partial charge < -0.3 is 15.6 Å². The van der Waals surface area contributed by atoms with Crippen LogP contribution in [0.4, 0.5) is 0 Å². The molecule has 1 heterocycles. The monoisotopic (exact) mass is 259 g/mol. The topological polar surface area (TPSA) is 81.3 Å². The van der Waals surface area contributed by atoms with Crippen LogP contribution in [0.25, 0.3) is 0 Å². The van der Waals surface area contributed by atoms with E-state index in [2.05, 4.69) is 9.97 Å². The van der Waals surface area contributed by atoms with Gasteiger partial charge in [-0.25, -0.2) is 9.97 Å². The highest BCUT2D eigenvalue weighted by atomic mass is 16.5. The molecule has 0 saturated heterocycles. The third-order valence-electron chi connectivity index (χ3n) is 3.03. The third-order valence-corrected chi connectivity index (χ3v) is 3.03. The molecule has 1 aromatic heterocycles. The fourth-order valence-electron chi connectivity index (χ4n) is 1.94. The van der Waals surface area contributed by atoms with Gasteiger partial charge in [0.05, 0.1) is 7.11 Å². The molecule has 2 aromatic rings. The van der Waals surface area contributed by atoms with Gasteiger partial charge in [0.2, 0.25) is 0 Å². The second-order valence-corrected chi connectivity index (χ2v) is 4.17. The first kappa shape index (κ1) is 13.5.